The number of hydrogen-bond acceptors (Lipinski definition) is 8. The van der Waals surface area contributed by atoms with Crippen molar-refractivity contribution < 1.29 is 19.0 Å². The SMILES string of the molecule is COc1ccc(Oc2ccc(-n3c(=O)n(C4CCN(C(=O)OC(C)(C)C)CC4)c4ncnc(N)c43)cc2C)cc1. The first-order chi connectivity index (χ1) is 19.1. The second kappa shape index (κ2) is 10.6. The average Bonchev–Trinajstić information content (AvgIpc) is 3.22. The Bertz CT molecular complexity index is 1590. The van der Waals surface area contributed by atoms with Gasteiger partial charge < -0.3 is 24.8 Å². The van der Waals surface area contributed by atoms with Crippen LogP contribution in [0.1, 0.15) is 45.2 Å². The number of anilines is 1. The number of aryl methyl sites for hydroxylation is 1. The first-order valence-electron chi connectivity index (χ1n) is 13.2. The molecule has 0 aliphatic carbocycles. The molecule has 1 fully saturated rings. The van der Waals surface area contributed by atoms with E-state index in [0.717, 1.165) is 11.3 Å². The third-order valence-electron chi connectivity index (χ3n) is 6.87. The van der Waals surface area contributed by atoms with Crippen molar-refractivity contribution in [3.05, 3.63) is 64.8 Å². The normalized spacial score (nSPS) is 14.4. The van der Waals surface area contributed by atoms with E-state index in [-0.39, 0.29) is 23.6 Å². The summed E-state index contributed by atoms with van der Waals surface area (Å²) in [5, 5.41) is 0. The summed E-state index contributed by atoms with van der Waals surface area (Å²) in [4.78, 5) is 36.8. The summed E-state index contributed by atoms with van der Waals surface area (Å²) in [6, 6.07) is 12.7. The molecule has 210 valence electrons. The molecule has 1 amide bonds. The van der Waals surface area contributed by atoms with Gasteiger partial charge in [0.25, 0.3) is 0 Å². The number of piperidine rings is 1. The number of hydrogen-bond donors (Lipinski definition) is 1. The first kappa shape index (κ1) is 27.0. The molecule has 40 heavy (non-hydrogen) atoms. The molecule has 2 aromatic carbocycles. The van der Waals surface area contributed by atoms with Crippen LogP contribution in [0.2, 0.25) is 0 Å². The number of amides is 1. The average molecular weight is 547 g/mol. The van der Waals surface area contributed by atoms with Gasteiger partial charge in [-0.05, 0) is 88.6 Å². The first-order valence-corrected chi connectivity index (χ1v) is 13.2. The largest absolute Gasteiger partial charge is 0.497 e. The molecule has 11 heteroatoms. The number of nitrogens with two attached hydrogens (primary N) is 1. The molecule has 0 bridgehead atoms. The lowest BCUT2D eigenvalue weighted by atomic mass is 10.1. The van der Waals surface area contributed by atoms with Crippen molar-refractivity contribution in [1.29, 1.82) is 0 Å². The maximum absolute atomic E-state index is 13.9. The lowest BCUT2D eigenvalue weighted by molar-refractivity contribution is 0.0188. The fraction of sp³-hybridized carbons (Fsp3) is 0.379. The van der Waals surface area contributed by atoms with Gasteiger partial charge in [-0.15, -0.1) is 0 Å². The van der Waals surface area contributed by atoms with Gasteiger partial charge in [-0.25, -0.2) is 19.6 Å². The van der Waals surface area contributed by atoms with Gasteiger partial charge in [-0.2, -0.15) is 0 Å². The fourth-order valence-corrected chi connectivity index (χ4v) is 4.93. The van der Waals surface area contributed by atoms with Crippen LogP contribution in [0.15, 0.2) is 53.6 Å². The molecule has 2 aromatic heterocycles. The van der Waals surface area contributed by atoms with Crippen LogP contribution in [-0.2, 0) is 4.74 Å². The number of nitrogen functional groups attached to an aromatic ring is 1. The van der Waals surface area contributed by atoms with E-state index in [0.29, 0.717) is 54.3 Å². The van der Waals surface area contributed by atoms with Crippen molar-refractivity contribution in [2.75, 3.05) is 25.9 Å². The monoisotopic (exact) mass is 546 g/mol. The molecular formula is C29H34N6O5. The molecule has 0 radical (unpaired) electrons. The van der Waals surface area contributed by atoms with E-state index in [9.17, 15) is 9.59 Å². The summed E-state index contributed by atoms with van der Waals surface area (Å²) < 4.78 is 20.0. The molecule has 1 aliphatic heterocycles. The molecule has 0 atom stereocenters. The number of aromatic nitrogens is 4. The predicted molar refractivity (Wildman–Crippen MR) is 151 cm³/mol. The number of methoxy groups -OCH3 is 1. The summed E-state index contributed by atoms with van der Waals surface area (Å²) in [5.41, 5.74) is 7.83. The Morgan fingerprint density at radius 1 is 1.02 bits per heavy atom. The second-order valence-corrected chi connectivity index (χ2v) is 10.8. The molecule has 0 spiro atoms. The molecule has 5 rings (SSSR count). The molecule has 11 nitrogen and oxygen atoms in total. The molecule has 0 unspecified atom stereocenters. The van der Waals surface area contributed by atoms with Crippen LogP contribution in [0, 0.1) is 6.92 Å². The van der Waals surface area contributed by atoms with Crippen molar-refractivity contribution in [2.24, 2.45) is 0 Å². The number of rotatable bonds is 5. The van der Waals surface area contributed by atoms with Gasteiger partial charge in [0.2, 0.25) is 0 Å². The topological polar surface area (TPSA) is 127 Å². The van der Waals surface area contributed by atoms with E-state index in [1.54, 1.807) is 21.1 Å². The van der Waals surface area contributed by atoms with Crippen molar-refractivity contribution in [1.82, 2.24) is 24.0 Å². The zero-order valence-electron chi connectivity index (χ0n) is 23.4. The Kier molecular flexibility index (Phi) is 7.14. The van der Waals surface area contributed by atoms with E-state index in [1.807, 2.05) is 70.2 Å². The van der Waals surface area contributed by atoms with E-state index in [1.165, 1.54) is 6.33 Å². The van der Waals surface area contributed by atoms with Crippen molar-refractivity contribution in [3.8, 4) is 22.9 Å². The lowest BCUT2D eigenvalue weighted by Crippen LogP contribution is -2.43. The molecule has 1 saturated heterocycles. The van der Waals surface area contributed by atoms with Crippen molar-refractivity contribution in [2.45, 2.75) is 52.2 Å². The minimum Gasteiger partial charge on any atom is -0.497 e. The lowest BCUT2D eigenvalue weighted by Gasteiger charge is -2.33. The zero-order valence-corrected chi connectivity index (χ0v) is 23.4. The van der Waals surface area contributed by atoms with E-state index >= 15 is 0 Å². The van der Waals surface area contributed by atoms with Crippen LogP contribution in [-0.4, -0.2) is 55.9 Å². The number of fused-ring (bicyclic) bond motifs is 1. The third-order valence-corrected chi connectivity index (χ3v) is 6.87. The number of carbonyl (C=O) groups excluding carboxylic acids is 1. The molecule has 0 saturated carbocycles. The molecular weight excluding hydrogens is 512 g/mol. The highest BCUT2D eigenvalue weighted by Crippen LogP contribution is 2.31. The van der Waals surface area contributed by atoms with Gasteiger partial charge in [0.05, 0.1) is 12.8 Å². The standard InChI is InChI=1S/C29H34N6O5/c1-18-16-20(6-11-23(18)39-22-9-7-21(38-5)8-10-22)34-24-25(30)31-17-32-26(24)35(27(34)36)19-12-14-33(15-13-19)28(37)40-29(2,3)4/h6-11,16-17,19H,12-15H2,1-5H3,(H2,30,31,32). The minimum absolute atomic E-state index is 0.164. The summed E-state index contributed by atoms with van der Waals surface area (Å²) in [6.07, 6.45) is 2.18. The highest BCUT2D eigenvalue weighted by molar-refractivity contribution is 5.84. The summed E-state index contributed by atoms with van der Waals surface area (Å²) in [7, 11) is 1.61. The Labute approximate surface area is 232 Å². The van der Waals surface area contributed by atoms with Crippen LogP contribution in [0.5, 0.6) is 17.2 Å². The summed E-state index contributed by atoms with van der Waals surface area (Å²) in [5.74, 6) is 2.28. The van der Waals surface area contributed by atoms with Gasteiger partial charge in [0.1, 0.15) is 34.7 Å². The Balaban J connectivity index is 1.45. The zero-order chi connectivity index (χ0) is 28.6. The highest BCUT2D eigenvalue weighted by atomic mass is 16.6. The van der Waals surface area contributed by atoms with Crippen molar-refractivity contribution >= 4 is 23.1 Å². The third kappa shape index (κ3) is 5.31. The van der Waals surface area contributed by atoms with Crippen LogP contribution >= 0.6 is 0 Å². The predicted octanol–water partition coefficient (Wildman–Crippen LogP) is 4.85. The number of nitrogens with zero attached hydrogens (tertiary/aromatic N) is 5. The van der Waals surface area contributed by atoms with E-state index in [4.69, 9.17) is 19.9 Å². The Hall–Kier alpha value is -4.54. The minimum atomic E-state index is -0.569. The van der Waals surface area contributed by atoms with Gasteiger partial charge in [-0.1, -0.05) is 0 Å². The maximum Gasteiger partial charge on any atom is 0.410 e. The Morgan fingerprint density at radius 3 is 2.33 bits per heavy atom. The van der Waals surface area contributed by atoms with Crippen LogP contribution in [0.4, 0.5) is 10.6 Å². The smallest absolute Gasteiger partial charge is 0.410 e. The number of imidazole rings is 1. The van der Waals surface area contributed by atoms with Gasteiger partial charge in [-0.3, -0.25) is 9.13 Å². The number of carbonyl (C=O) groups is 1. The summed E-state index contributed by atoms with van der Waals surface area (Å²) >= 11 is 0. The quantitative estimate of drug-likeness (QED) is 0.377. The van der Waals surface area contributed by atoms with Crippen LogP contribution < -0.4 is 20.9 Å². The number of benzene rings is 2. The van der Waals surface area contributed by atoms with E-state index < -0.39 is 5.60 Å². The number of likely N-dealkylation sites (tertiary alicyclic amines) is 1. The molecule has 2 N–H and O–H groups in total. The number of ether oxygens (including phenoxy) is 3. The van der Waals surface area contributed by atoms with Crippen LogP contribution in [0.25, 0.3) is 16.9 Å². The molecule has 3 heterocycles. The van der Waals surface area contributed by atoms with Crippen LogP contribution in [0.3, 0.4) is 0 Å². The van der Waals surface area contributed by atoms with Gasteiger partial charge in [0, 0.05) is 19.1 Å². The molecule has 1 aliphatic rings. The molecule has 4 aromatic rings. The second-order valence-electron chi connectivity index (χ2n) is 10.8. The summed E-state index contributed by atoms with van der Waals surface area (Å²) in [6.45, 7) is 8.38. The fourth-order valence-electron chi connectivity index (χ4n) is 4.93. The van der Waals surface area contributed by atoms with E-state index in [2.05, 4.69) is 9.97 Å². The van der Waals surface area contributed by atoms with Gasteiger partial charge >= 0.3 is 11.8 Å². The maximum atomic E-state index is 13.9. The highest BCUT2D eigenvalue weighted by Gasteiger charge is 2.31. The van der Waals surface area contributed by atoms with Crippen molar-refractivity contribution in [3.63, 3.8) is 0 Å². The Morgan fingerprint density at radius 2 is 1.70 bits per heavy atom. The van der Waals surface area contributed by atoms with Gasteiger partial charge in [0.15, 0.2) is 11.5 Å².